The second-order valence-corrected chi connectivity index (χ2v) is 7.09. The highest BCUT2D eigenvalue weighted by molar-refractivity contribution is 5.95. The monoisotopic (exact) mass is 334 g/mol. The van der Waals surface area contributed by atoms with E-state index in [0.717, 1.165) is 16.6 Å². The van der Waals surface area contributed by atoms with E-state index in [0.29, 0.717) is 5.56 Å². The van der Waals surface area contributed by atoms with Crippen molar-refractivity contribution >= 4 is 23.0 Å². The highest BCUT2D eigenvalue weighted by Crippen LogP contribution is 2.30. The van der Waals surface area contributed by atoms with Crippen molar-refractivity contribution in [1.29, 1.82) is 0 Å². The lowest BCUT2D eigenvalue weighted by atomic mass is 9.91. The van der Waals surface area contributed by atoms with Gasteiger partial charge in [0.1, 0.15) is 11.7 Å². The first-order valence-corrected chi connectivity index (χ1v) is 8.23. The molecular formula is C20H22N4O. The Morgan fingerprint density at radius 3 is 2.68 bits per heavy atom. The van der Waals surface area contributed by atoms with Crippen molar-refractivity contribution in [2.24, 2.45) is 5.41 Å². The molecule has 0 saturated heterocycles. The quantitative estimate of drug-likeness (QED) is 0.783. The van der Waals surface area contributed by atoms with E-state index in [1.807, 2.05) is 42.5 Å². The molecule has 0 saturated carbocycles. The predicted molar refractivity (Wildman–Crippen MR) is 100 cm³/mol. The van der Waals surface area contributed by atoms with Gasteiger partial charge in [-0.2, -0.15) is 0 Å². The first-order valence-electron chi connectivity index (χ1n) is 8.23. The highest BCUT2D eigenvalue weighted by Gasteiger charge is 2.30. The average Bonchev–Trinajstić information content (AvgIpc) is 3.02. The van der Waals surface area contributed by atoms with Crippen molar-refractivity contribution in [3.8, 4) is 0 Å². The highest BCUT2D eigenvalue weighted by atomic mass is 16.1. The third-order valence-corrected chi connectivity index (χ3v) is 4.09. The van der Waals surface area contributed by atoms with Gasteiger partial charge < -0.3 is 5.32 Å². The number of carbonyl (C=O) groups excluding carboxylic acids is 1. The van der Waals surface area contributed by atoms with Crippen LogP contribution in [0.5, 0.6) is 0 Å². The van der Waals surface area contributed by atoms with Gasteiger partial charge in [-0.05, 0) is 29.8 Å². The summed E-state index contributed by atoms with van der Waals surface area (Å²) in [6, 6.07) is 15.1. The smallest absolute Gasteiger partial charge is 0.252 e. The van der Waals surface area contributed by atoms with Crippen LogP contribution in [0.3, 0.4) is 0 Å². The molecule has 0 fully saturated rings. The standard InChI is InChI=1S/C20H22N4O/c1-5-14-9-8-10-15(13-14)18(25)21-19(20(2,3)4)24-17-12-7-6-11-16(17)22-23-24/h5-13,19H,1H2,2-4H3,(H,21,25). The fourth-order valence-corrected chi connectivity index (χ4v) is 2.74. The summed E-state index contributed by atoms with van der Waals surface area (Å²) in [5, 5.41) is 11.6. The molecule has 128 valence electrons. The average molecular weight is 334 g/mol. The van der Waals surface area contributed by atoms with Gasteiger partial charge in [-0.25, -0.2) is 4.68 Å². The molecule has 0 aliphatic carbocycles. The maximum Gasteiger partial charge on any atom is 0.252 e. The van der Waals surface area contributed by atoms with Crippen LogP contribution < -0.4 is 5.32 Å². The van der Waals surface area contributed by atoms with E-state index in [4.69, 9.17) is 0 Å². The lowest BCUT2D eigenvalue weighted by Gasteiger charge is -2.31. The van der Waals surface area contributed by atoms with Gasteiger partial charge in [0.05, 0.1) is 5.52 Å². The minimum absolute atomic E-state index is 0.150. The summed E-state index contributed by atoms with van der Waals surface area (Å²) < 4.78 is 1.78. The van der Waals surface area contributed by atoms with E-state index in [-0.39, 0.29) is 17.5 Å². The minimum Gasteiger partial charge on any atom is -0.330 e. The molecule has 1 atom stereocenters. The number of benzene rings is 2. The molecule has 1 amide bonds. The van der Waals surface area contributed by atoms with Crippen molar-refractivity contribution in [1.82, 2.24) is 20.3 Å². The van der Waals surface area contributed by atoms with Crippen molar-refractivity contribution in [3.05, 3.63) is 66.2 Å². The molecule has 5 heteroatoms. The van der Waals surface area contributed by atoms with Crippen molar-refractivity contribution in [2.75, 3.05) is 0 Å². The molecule has 5 nitrogen and oxygen atoms in total. The van der Waals surface area contributed by atoms with Crippen LogP contribution in [0.25, 0.3) is 17.1 Å². The van der Waals surface area contributed by atoms with Crippen LogP contribution in [-0.4, -0.2) is 20.9 Å². The molecule has 3 rings (SSSR count). The second kappa shape index (κ2) is 6.51. The van der Waals surface area contributed by atoms with E-state index in [1.165, 1.54) is 0 Å². The third-order valence-electron chi connectivity index (χ3n) is 4.09. The summed E-state index contributed by atoms with van der Waals surface area (Å²) in [7, 11) is 0. The number of hydrogen-bond acceptors (Lipinski definition) is 3. The fraction of sp³-hybridized carbons (Fsp3) is 0.250. The van der Waals surface area contributed by atoms with Gasteiger partial charge in [-0.3, -0.25) is 4.79 Å². The van der Waals surface area contributed by atoms with Crippen LogP contribution in [0.15, 0.2) is 55.1 Å². The molecule has 0 aliphatic heterocycles. The first kappa shape index (κ1) is 16.9. The lowest BCUT2D eigenvalue weighted by Crippen LogP contribution is -2.41. The van der Waals surface area contributed by atoms with Gasteiger partial charge in [0.2, 0.25) is 0 Å². The Bertz CT molecular complexity index is 921. The van der Waals surface area contributed by atoms with Crippen LogP contribution in [0.1, 0.15) is 42.9 Å². The normalized spacial score (nSPS) is 12.8. The Labute approximate surface area is 147 Å². The van der Waals surface area contributed by atoms with E-state index in [9.17, 15) is 4.79 Å². The molecule has 1 heterocycles. The summed E-state index contributed by atoms with van der Waals surface area (Å²) in [5.74, 6) is -0.150. The molecule has 0 radical (unpaired) electrons. The lowest BCUT2D eigenvalue weighted by molar-refractivity contribution is 0.0843. The van der Waals surface area contributed by atoms with Crippen LogP contribution >= 0.6 is 0 Å². The predicted octanol–water partition coefficient (Wildman–Crippen LogP) is 4.05. The van der Waals surface area contributed by atoms with Crippen molar-refractivity contribution in [2.45, 2.75) is 26.9 Å². The third kappa shape index (κ3) is 3.45. The van der Waals surface area contributed by atoms with Crippen molar-refractivity contribution < 1.29 is 4.79 Å². The minimum atomic E-state index is -0.334. The number of rotatable bonds is 4. The fourth-order valence-electron chi connectivity index (χ4n) is 2.74. The molecule has 3 aromatic rings. The summed E-state index contributed by atoms with van der Waals surface area (Å²) in [6.45, 7) is 9.94. The Balaban J connectivity index is 1.97. The zero-order chi connectivity index (χ0) is 18.0. The van der Waals surface area contributed by atoms with Crippen LogP contribution in [-0.2, 0) is 0 Å². The van der Waals surface area contributed by atoms with Crippen LogP contribution in [0.2, 0.25) is 0 Å². The SMILES string of the molecule is C=Cc1cccc(C(=O)NC(n2nnc3ccccc32)C(C)(C)C)c1. The zero-order valence-corrected chi connectivity index (χ0v) is 14.7. The molecule has 2 aromatic carbocycles. The molecule has 1 aromatic heterocycles. The van der Waals surface area contributed by atoms with Gasteiger partial charge in [0, 0.05) is 11.0 Å². The number of nitrogens with one attached hydrogen (secondary N) is 1. The zero-order valence-electron chi connectivity index (χ0n) is 14.7. The number of amides is 1. The maximum atomic E-state index is 12.8. The second-order valence-electron chi connectivity index (χ2n) is 7.09. The maximum absolute atomic E-state index is 12.8. The van der Waals surface area contributed by atoms with Gasteiger partial charge >= 0.3 is 0 Å². The number of fused-ring (bicyclic) bond motifs is 1. The van der Waals surface area contributed by atoms with Crippen LogP contribution in [0.4, 0.5) is 0 Å². The summed E-state index contributed by atoms with van der Waals surface area (Å²) in [4.78, 5) is 12.8. The largest absolute Gasteiger partial charge is 0.330 e. The van der Waals surface area contributed by atoms with Gasteiger partial charge in [-0.15, -0.1) is 5.10 Å². The Hall–Kier alpha value is -2.95. The van der Waals surface area contributed by atoms with E-state index < -0.39 is 0 Å². The van der Waals surface area contributed by atoms with E-state index >= 15 is 0 Å². The topological polar surface area (TPSA) is 59.8 Å². The van der Waals surface area contributed by atoms with Gasteiger partial charge in [0.15, 0.2) is 0 Å². The number of hydrogen-bond donors (Lipinski definition) is 1. The Kier molecular flexibility index (Phi) is 4.40. The number of nitrogens with zero attached hydrogens (tertiary/aromatic N) is 3. The first-order chi connectivity index (χ1) is 11.9. The van der Waals surface area contributed by atoms with E-state index in [2.05, 4.69) is 43.0 Å². The molecule has 0 bridgehead atoms. The molecule has 0 aliphatic rings. The Morgan fingerprint density at radius 1 is 1.20 bits per heavy atom. The molecule has 1 unspecified atom stereocenters. The van der Waals surface area contributed by atoms with Crippen LogP contribution in [0, 0.1) is 5.41 Å². The molecular weight excluding hydrogens is 312 g/mol. The molecule has 0 spiro atoms. The number of aromatic nitrogens is 3. The van der Waals surface area contributed by atoms with Crippen molar-refractivity contribution in [3.63, 3.8) is 0 Å². The van der Waals surface area contributed by atoms with E-state index in [1.54, 1.807) is 16.8 Å². The summed E-state index contributed by atoms with van der Waals surface area (Å²) >= 11 is 0. The summed E-state index contributed by atoms with van der Waals surface area (Å²) in [5.41, 5.74) is 2.95. The molecule has 1 N–H and O–H groups in total. The van der Waals surface area contributed by atoms with Gasteiger partial charge in [0.25, 0.3) is 5.91 Å². The molecule has 25 heavy (non-hydrogen) atoms. The number of para-hydroxylation sites is 1. The van der Waals surface area contributed by atoms with Gasteiger partial charge in [-0.1, -0.05) is 62.9 Å². The Morgan fingerprint density at radius 2 is 1.96 bits per heavy atom. The summed E-state index contributed by atoms with van der Waals surface area (Å²) in [6.07, 6.45) is 1.39. The number of carbonyl (C=O) groups is 1.